The Morgan fingerprint density at radius 3 is 2.68 bits per heavy atom. The average Bonchev–Trinajstić information content (AvgIpc) is 3.03. The zero-order valence-corrected chi connectivity index (χ0v) is 15.2. The summed E-state index contributed by atoms with van der Waals surface area (Å²) in [4.78, 5) is 10.7. The third kappa shape index (κ3) is 5.18. The first-order valence-electron chi connectivity index (χ1n) is 8.19. The normalized spacial score (nSPS) is 12.8. The maximum atomic E-state index is 10.4. The van der Waals surface area contributed by atoms with Crippen LogP contribution in [0.15, 0.2) is 35.6 Å². The Morgan fingerprint density at radius 2 is 2.12 bits per heavy atom. The number of aryl methyl sites for hydroxylation is 1. The molecular weight excluding hydrogens is 320 g/mol. The lowest BCUT2D eigenvalue weighted by Gasteiger charge is -2.22. The van der Waals surface area contributed by atoms with Gasteiger partial charge in [-0.2, -0.15) is 5.10 Å². The summed E-state index contributed by atoms with van der Waals surface area (Å²) in [5.41, 5.74) is 0.802. The van der Waals surface area contributed by atoms with Crippen LogP contribution in [-0.2, 0) is 13.6 Å². The molecule has 2 rings (SSSR count). The van der Waals surface area contributed by atoms with Crippen LogP contribution in [0.4, 0.5) is 0 Å². The monoisotopic (exact) mass is 346 g/mol. The minimum Gasteiger partial charge on any atom is -0.497 e. The summed E-state index contributed by atoms with van der Waals surface area (Å²) in [6, 6.07) is 7.34. The second-order valence-corrected chi connectivity index (χ2v) is 5.64. The van der Waals surface area contributed by atoms with Gasteiger partial charge in [0.05, 0.1) is 26.3 Å². The Balaban J connectivity index is 2.03. The Morgan fingerprint density at radius 1 is 1.40 bits per heavy atom. The Kier molecular flexibility index (Phi) is 6.76. The molecule has 1 heterocycles. The topological polar surface area (TPSA) is 87.8 Å². The minimum absolute atomic E-state index is 0.262. The zero-order chi connectivity index (χ0) is 18.2. The molecule has 2 aromatic rings. The fraction of sp³-hybridized carbons (Fsp3) is 0.471. The van der Waals surface area contributed by atoms with Gasteiger partial charge in [-0.25, -0.2) is 4.98 Å². The first-order chi connectivity index (χ1) is 12.0. The molecule has 8 nitrogen and oxygen atoms in total. The summed E-state index contributed by atoms with van der Waals surface area (Å²) in [6.07, 6.45) is 0.850. The van der Waals surface area contributed by atoms with Gasteiger partial charge in [0.25, 0.3) is 0 Å². The van der Waals surface area contributed by atoms with Crippen molar-refractivity contribution in [3.8, 4) is 5.75 Å². The predicted molar refractivity (Wildman–Crippen MR) is 96.4 cm³/mol. The number of nitrogens with one attached hydrogen (secondary N) is 1. The van der Waals surface area contributed by atoms with Crippen molar-refractivity contribution in [2.75, 3.05) is 27.2 Å². The Hall–Kier alpha value is -2.61. The SMILES string of the molecule is CCNC(=NCC(O)c1ccc(OC)cc1)N(C)Cc1ncnn1C. The molecule has 0 bridgehead atoms. The number of ether oxygens (including phenoxy) is 1. The number of methoxy groups -OCH3 is 1. The lowest BCUT2D eigenvalue weighted by atomic mass is 10.1. The maximum Gasteiger partial charge on any atom is 0.194 e. The van der Waals surface area contributed by atoms with E-state index in [2.05, 4.69) is 20.4 Å². The molecule has 0 aliphatic rings. The van der Waals surface area contributed by atoms with Gasteiger partial charge in [0, 0.05) is 20.6 Å². The summed E-state index contributed by atoms with van der Waals surface area (Å²) in [5.74, 6) is 2.30. The molecule has 0 saturated carbocycles. The minimum atomic E-state index is -0.678. The van der Waals surface area contributed by atoms with E-state index < -0.39 is 6.10 Å². The van der Waals surface area contributed by atoms with Crippen LogP contribution in [0.5, 0.6) is 5.75 Å². The average molecular weight is 346 g/mol. The van der Waals surface area contributed by atoms with Gasteiger partial charge in [-0.1, -0.05) is 12.1 Å². The lowest BCUT2D eigenvalue weighted by Crippen LogP contribution is -2.39. The molecule has 8 heteroatoms. The first-order valence-corrected chi connectivity index (χ1v) is 8.19. The maximum absolute atomic E-state index is 10.4. The molecule has 25 heavy (non-hydrogen) atoms. The number of hydrogen-bond acceptors (Lipinski definition) is 5. The van der Waals surface area contributed by atoms with Crippen LogP contribution < -0.4 is 10.1 Å². The highest BCUT2D eigenvalue weighted by Crippen LogP contribution is 2.17. The summed E-state index contributed by atoms with van der Waals surface area (Å²) in [6.45, 7) is 3.57. The van der Waals surface area contributed by atoms with Gasteiger partial charge < -0.3 is 20.1 Å². The molecule has 0 aliphatic heterocycles. The standard InChI is InChI=1S/C17H26N6O2/c1-5-18-17(22(2)11-16-20-12-21-23(16)3)19-10-15(24)13-6-8-14(25-4)9-7-13/h6-9,12,15,24H,5,10-11H2,1-4H3,(H,18,19). The summed E-state index contributed by atoms with van der Waals surface area (Å²) >= 11 is 0. The summed E-state index contributed by atoms with van der Waals surface area (Å²) in [5, 5.41) is 17.7. The largest absolute Gasteiger partial charge is 0.497 e. The lowest BCUT2D eigenvalue weighted by molar-refractivity contribution is 0.186. The fourth-order valence-electron chi connectivity index (χ4n) is 2.32. The smallest absolute Gasteiger partial charge is 0.194 e. The van der Waals surface area contributed by atoms with E-state index in [9.17, 15) is 5.11 Å². The predicted octanol–water partition coefficient (Wildman–Crippen LogP) is 0.955. The molecule has 0 radical (unpaired) electrons. The molecule has 0 aliphatic carbocycles. The fourth-order valence-corrected chi connectivity index (χ4v) is 2.32. The van der Waals surface area contributed by atoms with E-state index in [1.807, 2.05) is 50.2 Å². The van der Waals surface area contributed by atoms with Gasteiger partial charge in [-0.05, 0) is 24.6 Å². The summed E-state index contributed by atoms with van der Waals surface area (Å²) < 4.78 is 6.86. The van der Waals surface area contributed by atoms with E-state index in [0.29, 0.717) is 12.5 Å². The van der Waals surface area contributed by atoms with Crippen LogP contribution in [0.2, 0.25) is 0 Å². The molecular formula is C17H26N6O2. The first kappa shape index (κ1) is 18.7. The van der Waals surface area contributed by atoms with Crippen LogP contribution in [0.25, 0.3) is 0 Å². The number of guanidine groups is 1. The van der Waals surface area contributed by atoms with Crippen molar-refractivity contribution in [3.05, 3.63) is 42.0 Å². The van der Waals surface area contributed by atoms with Crippen LogP contribution >= 0.6 is 0 Å². The van der Waals surface area contributed by atoms with Gasteiger partial charge >= 0.3 is 0 Å². The third-order valence-corrected chi connectivity index (χ3v) is 3.79. The Labute approximate surface area is 148 Å². The highest BCUT2D eigenvalue weighted by Gasteiger charge is 2.12. The van der Waals surface area contributed by atoms with Crippen molar-refractivity contribution in [3.63, 3.8) is 0 Å². The molecule has 0 amide bonds. The Bertz CT molecular complexity index is 683. The van der Waals surface area contributed by atoms with Crippen LogP contribution in [0, 0.1) is 0 Å². The van der Waals surface area contributed by atoms with Crippen molar-refractivity contribution in [1.29, 1.82) is 0 Å². The molecule has 136 valence electrons. The van der Waals surface area contributed by atoms with Gasteiger partial charge in [0.15, 0.2) is 5.96 Å². The van der Waals surface area contributed by atoms with Gasteiger partial charge in [0.1, 0.15) is 17.9 Å². The van der Waals surface area contributed by atoms with Crippen molar-refractivity contribution in [2.45, 2.75) is 19.6 Å². The number of aliphatic hydroxyl groups excluding tert-OH is 1. The van der Waals surface area contributed by atoms with Gasteiger partial charge in [-0.3, -0.25) is 9.67 Å². The molecule has 2 N–H and O–H groups in total. The number of rotatable bonds is 7. The van der Waals surface area contributed by atoms with E-state index in [1.54, 1.807) is 11.8 Å². The van der Waals surface area contributed by atoms with Gasteiger partial charge in [0.2, 0.25) is 0 Å². The van der Waals surface area contributed by atoms with Crippen LogP contribution in [0.3, 0.4) is 0 Å². The van der Waals surface area contributed by atoms with Crippen molar-refractivity contribution < 1.29 is 9.84 Å². The molecule has 0 fully saturated rings. The quantitative estimate of drug-likeness (QED) is 0.573. The molecule has 1 aromatic heterocycles. The second-order valence-electron chi connectivity index (χ2n) is 5.64. The van der Waals surface area contributed by atoms with E-state index in [1.165, 1.54) is 6.33 Å². The van der Waals surface area contributed by atoms with E-state index in [4.69, 9.17) is 4.74 Å². The van der Waals surface area contributed by atoms with Crippen molar-refractivity contribution >= 4 is 5.96 Å². The highest BCUT2D eigenvalue weighted by molar-refractivity contribution is 5.79. The van der Waals surface area contributed by atoms with Crippen molar-refractivity contribution in [2.24, 2.45) is 12.0 Å². The third-order valence-electron chi connectivity index (χ3n) is 3.79. The highest BCUT2D eigenvalue weighted by atomic mass is 16.5. The molecule has 1 atom stereocenters. The molecule has 1 unspecified atom stereocenters. The zero-order valence-electron chi connectivity index (χ0n) is 15.2. The number of hydrogen-bond donors (Lipinski definition) is 2. The van der Waals surface area contributed by atoms with Crippen molar-refractivity contribution in [1.82, 2.24) is 25.0 Å². The molecule has 0 saturated heterocycles. The van der Waals surface area contributed by atoms with Crippen LogP contribution in [-0.4, -0.2) is 58.0 Å². The number of benzene rings is 1. The van der Waals surface area contributed by atoms with E-state index in [0.717, 1.165) is 23.7 Å². The number of aliphatic hydroxyl groups is 1. The second kappa shape index (κ2) is 9.03. The van der Waals surface area contributed by atoms with Gasteiger partial charge in [-0.15, -0.1) is 0 Å². The van der Waals surface area contributed by atoms with E-state index >= 15 is 0 Å². The van der Waals surface area contributed by atoms with E-state index in [-0.39, 0.29) is 6.54 Å². The summed E-state index contributed by atoms with van der Waals surface area (Å²) in [7, 11) is 5.40. The number of nitrogens with zero attached hydrogens (tertiary/aromatic N) is 5. The molecule has 1 aromatic carbocycles. The van der Waals surface area contributed by atoms with Crippen LogP contribution in [0.1, 0.15) is 24.4 Å². The molecule has 0 spiro atoms. The number of aromatic nitrogens is 3. The number of aliphatic imine (C=N–C) groups is 1.